The largest absolute Gasteiger partial charge is 0.309 e. The number of aliphatic imine (C=N–C) groups is 1. The summed E-state index contributed by atoms with van der Waals surface area (Å²) in [7, 11) is 0. The van der Waals surface area contributed by atoms with Gasteiger partial charge in [0, 0.05) is 50.0 Å². The highest BCUT2D eigenvalue weighted by atomic mass is 15.0. The summed E-state index contributed by atoms with van der Waals surface area (Å²) >= 11 is 0. The maximum atomic E-state index is 5.71. The van der Waals surface area contributed by atoms with Gasteiger partial charge in [0.15, 0.2) is 0 Å². The number of fused-ring (bicyclic) bond motifs is 10. The molecule has 3 nitrogen and oxygen atoms in total. The van der Waals surface area contributed by atoms with E-state index in [4.69, 9.17) is 4.99 Å². The van der Waals surface area contributed by atoms with Crippen LogP contribution in [-0.4, -0.2) is 14.8 Å². The van der Waals surface area contributed by atoms with Crippen molar-refractivity contribution in [2.24, 2.45) is 10.9 Å². The monoisotopic (exact) mass is 817 g/mol. The molecule has 12 aromatic rings. The van der Waals surface area contributed by atoms with Gasteiger partial charge >= 0.3 is 0 Å². The van der Waals surface area contributed by atoms with Crippen LogP contribution in [0.15, 0.2) is 223 Å². The lowest BCUT2D eigenvalue weighted by Gasteiger charge is -2.31. The van der Waals surface area contributed by atoms with Crippen molar-refractivity contribution in [1.29, 1.82) is 0 Å². The Hall–Kier alpha value is -8.01. The molecule has 0 aliphatic carbocycles. The van der Waals surface area contributed by atoms with Gasteiger partial charge in [0.1, 0.15) is 0 Å². The molecule has 64 heavy (non-hydrogen) atoms. The third-order valence-corrected chi connectivity index (χ3v) is 13.9. The SMILES string of the molecule is CCC1C(c2cc(-n3c4ccccc4c4cc5c6c7ccccc7ccc6n(-c6ccccc6)c5cc43)c3ccccc3c2)=NC(c2ccc3ccccc3c2)=CC1c1ccccc1. The molecule has 0 amide bonds. The van der Waals surface area contributed by atoms with Gasteiger partial charge in [-0.05, 0) is 105 Å². The minimum absolute atomic E-state index is 0.160. The van der Waals surface area contributed by atoms with Crippen LogP contribution in [0.4, 0.5) is 0 Å². The number of rotatable bonds is 6. The van der Waals surface area contributed by atoms with E-state index in [-0.39, 0.29) is 11.8 Å². The Balaban J connectivity index is 1.10. The molecule has 0 spiro atoms. The maximum Gasteiger partial charge on any atom is 0.0672 e. The summed E-state index contributed by atoms with van der Waals surface area (Å²) in [5, 5.41) is 12.4. The Morgan fingerprint density at radius 2 is 1.06 bits per heavy atom. The summed E-state index contributed by atoms with van der Waals surface area (Å²) in [4.78, 5) is 5.71. The number of benzene rings is 10. The van der Waals surface area contributed by atoms with Gasteiger partial charge in [-0.1, -0.05) is 165 Å². The minimum Gasteiger partial charge on any atom is -0.309 e. The molecule has 0 N–H and O–H groups in total. The summed E-state index contributed by atoms with van der Waals surface area (Å²) in [6.07, 6.45) is 3.38. The summed E-state index contributed by atoms with van der Waals surface area (Å²) in [6.45, 7) is 2.32. The summed E-state index contributed by atoms with van der Waals surface area (Å²) in [5.41, 5.74) is 12.8. The van der Waals surface area contributed by atoms with Gasteiger partial charge in [-0.2, -0.15) is 0 Å². The zero-order valence-electron chi connectivity index (χ0n) is 35.5. The molecular formula is C61H43N3. The molecule has 1 aliphatic heterocycles. The van der Waals surface area contributed by atoms with Gasteiger partial charge in [0.05, 0.1) is 39.2 Å². The van der Waals surface area contributed by atoms with Crippen molar-refractivity contribution in [1.82, 2.24) is 9.13 Å². The van der Waals surface area contributed by atoms with Gasteiger partial charge in [0.2, 0.25) is 0 Å². The highest BCUT2D eigenvalue weighted by Gasteiger charge is 2.31. The molecule has 3 heteroatoms. The second-order valence-electron chi connectivity index (χ2n) is 17.4. The standard InChI is InChI=1S/C61H43N3/c1-2-47-51(40-18-5-3-6-19-40)37-54(44-30-29-39-17-9-10-21-42(39)33-44)62-61(47)45-34-43-22-12-13-25-48(43)57(35-45)64-55-28-16-15-27-50(55)52-36-53-59(38-58(52)64)63(46-23-7-4-8-24-46)56-32-31-41-20-11-14-26-49(41)60(53)56/h3-38,47,51H,2H2,1H3. The van der Waals surface area contributed by atoms with E-state index in [1.54, 1.807) is 0 Å². The van der Waals surface area contributed by atoms with E-state index in [2.05, 4.69) is 234 Å². The Kier molecular flexibility index (Phi) is 8.32. The van der Waals surface area contributed by atoms with E-state index < -0.39 is 0 Å². The first kappa shape index (κ1) is 36.6. The summed E-state index contributed by atoms with van der Waals surface area (Å²) < 4.78 is 4.99. The van der Waals surface area contributed by atoms with E-state index in [0.29, 0.717) is 0 Å². The van der Waals surface area contributed by atoms with E-state index >= 15 is 0 Å². The van der Waals surface area contributed by atoms with Crippen LogP contribution in [0.1, 0.15) is 36.0 Å². The predicted octanol–water partition coefficient (Wildman–Crippen LogP) is 16.0. The second-order valence-corrected chi connectivity index (χ2v) is 17.4. The number of nitrogens with zero attached hydrogens (tertiary/aromatic N) is 3. The molecule has 0 saturated heterocycles. The van der Waals surface area contributed by atoms with Crippen molar-refractivity contribution in [2.75, 3.05) is 0 Å². The van der Waals surface area contributed by atoms with Gasteiger partial charge < -0.3 is 9.13 Å². The van der Waals surface area contributed by atoms with Crippen LogP contribution in [0.25, 0.3) is 93.0 Å². The average Bonchev–Trinajstić information content (AvgIpc) is 3.87. The topological polar surface area (TPSA) is 22.2 Å². The summed E-state index contributed by atoms with van der Waals surface area (Å²) in [5.74, 6) is 0.336. The van der Waals surface area contributed by atoms with Crippen LogP contribution in [0, 0.1) is 5.92 Å². The van der Waals surface area contributed by atoms with E-state index in [1.807, 2.05) is 0 Å². The van der Waals surface area contributed by atoms with Gasteiger partial charge in [-0.3, -0.25) is 4.99 Å². The lowest BCUT2D eigenvalue weighted by molar-refractivity contribution is 0.593. The molecule has 0 radical (unpaired) electrons. The number of allylic oxidation sites excluding steroid dienone is 1. The lowest BCUT2D eigenvalue weighted by atomic mass is 9.76. The van der Waals surface area contributed by atoms with Crippen molar-refractivity contribution < 1.29 is 0 Å². The molecule has 302 valence electrons. The molecule has 2 aromatic heterocycles. The van der Waals surface area contributed by atoms with Crippen LogP contribution in [-0.2, 0) is 0 Å². The highest BCUT2D eigenvalue weighted by molar-refractivity contribution is 6.25. The van der Waals surface area contributed by atoms with Gasteiger partial charge in [-0.25, -0.2) is 0 Å². The first-order valence-electron chi connectivity index (χ1n) is 22.5. The zero-order chi connectivity index (χ0) is 42.3. The molecule has 3 heterocycles. The number of para-hydroxylation sites is 2. The van der Waals surface area contributed by atoms with Crippen molar-refractivity contribution in [3.05, 3.63) is 235 Å². The van der Waals surface area contributed by atoms with Crippen LogP contribution in [0.5, 0.6) is 0 Å². The number of hydrogen-bond acceptors (Lipinski definition) is 1. The second kappa shape index (κ2) is 14.5. The van der Waals surface area contributed by atoms with E-state index in [1.165, 1.54) is 81.5 Å². The molecule has 1 aliphatic rings. The third kappa shape index (κ3) is 5.64. The zero-order valence-corrected chi connectivity index (χ0v) is 35.5. The Labute approximate surface area is 371 Å². The maximum absolute atomic E-state index is 5.71. The quantitative estimate of drug-likeness (QED) is 0.159. The summed E-state index contributed by atoms with van der Waals surface area (Å²) in [6, 6.07) is 78.2. The molecule has 10 aromatic carbocycles. The van der Waals surface area contributed by atoms with Crippen LogP contribution < -0.4 is 0 Å². The van der Waals surface area contributed by atoms with Crippen LogP contribution in [0.2, 0.25) is 0 Å². The lowest BCUT2D eigenvalue weighted by Crippen LogP contribution is -2.25. The molecule has 2 atom stereocenters. The van der Waals surface area contributed by atoms with Crippen LogP contribution >= 0.6 is 0 Å². The fraction of sp³-hybridized carbons (Fsp3) is 0.0656. The molecular weight excluding hydrogens is 775 g/mol. The Bertz CT molecular complexity index is 3880. The van der Waals surface area contributed by atoms with Crippen molar-refractivity contribution in [3.8, 4) is 11.4 Å². The highest BCUT2D eigenvalue weighted by Crippen LogP contribution is 2.45. The van der Waals surface area contributed by atoms with Gasteiger partial charge in [-0.15, -0.1) is 0 Å². The molecule has 13 rings (SSSR count). The molecule has 0 bridgehead atoms. The van der Waals surface area contributed by atoms with Crippen molar-refractivity contribution >= 4 is 87.3 Å². The van der Waals surface area contributed by atoms with Crippen LogP contribution in [0.3, 0.4) is 0 Å². The van der Waals surface area contributed by atoms with E-state index in [9.17, 15) is 0 Å². The fourth-order valence-electron chi connectivity index (χ4n) is 10.9. The third-order valence-electron chi connectivity index (χ3n) is 13.9. The number of aromatic nitrogens is 2. The normalized spacial score (nSPS) is 15.5. The van der Waals surface area contributed by atoms with Crippen molar-refractivity contribution in [3.63, 3.8) is 0 Å². The molecule has 2 unspecified atom stereocenters. The first-order chi connectivity index (χ1) is 31.7. The Morgan fingerprint density at radius 1 is 0.422 bits per heavy atom. The number of hydrogen-bond donors (Lipinski definition) is 0. The fourth-order valence-corrected chi connectivity index (χ4v) is 10.9. The van der Waals surface area contributed by atoms with E-state index in [0.717, 1.165) is 40.3 Å². The first-order valence-corrected chi connectivity index (χ1v) is 22.5. The molecule has 0 saturated carbocycles. The molecule has 0 fully saturated rings. The minimum atomic E-state index is 0.160. The smallest absolute Gasteiger partial charge is 0.0672 e. The average molecular weight is 818 g/mol. The predicted molar refractivity (Wildman–Crippen MR) is 272 cm³/mol. The Morgan fingerprint density at radius 3 is 1.88 bits per heavy atom. The van der Waals surface area contributed by atoms with Crippen molar-refractivity contribution in [2.45, 2.75) is 19.3 Å². The van der Waals surface area contributed by atoms with Gasteiger partial charge in [0.25, 0.3) is 0 Å².